The summed E-state index contributed by atoms with van der Waals surface area (Å²) in [6.07, 6.45) is 4.58. The summed E-state index contributed by atoms with van der Waals surface area (Å²) >= 11 is 0. The zero-order valence-corrected chi connectivity index (χ0v) is 14.0. The van der Waals surface area contributed by atoms with E-state index in [0.29, 0.717) is 37.4 Å². The topological polar surface area (TPSA) is 87.9 Å². The zero-order valence-electron chi connectivity index (χ0n) is 14.0. The van der Waals surface area contributed by atoms with Crippen LogP contribution in [0.4, 0.5) is 11.5 Å². The van der Waals surface area contributed by atoms with Crippen molar-refractivity contribution in [2.24, 2.45) is 0 Å². The van der Waals surface area contributed by atoms with Crippen molar-refractivity contribution in [1.29, 1.82) is 0 Å². The molecule has 3 heterocycles. The third kappa shape index (κ3) is 4.16. The molecule has 0 radical (unpaired) electrons. The van der Waals surface area contributed by atoms with Gasteiger partial charge in [-0.15, -0.1) is 0 Å². The number of hydrogen-bond acceptors (Lipinski definition) is 6. The zero-order chi connectivity index (χ0) is 17.6. The van der Waals surface area contributed by atoms with E-state index in [9.17, 15) is 9.59 Å². The fourth-order valence-electron chi connectivity index (χ4n) is 2.68. The van der Waals surface area contributed by atoms with Crippen molar-refractivity contribution in [3.8, 4) is 0 Å². The van der Waals surface area contributed by atoms with E-state index in [-0.39, 0.29) is 18.4 Å². The number of anilines is 2. The smallest absolute Gasteiger partial charge is 0.257 e. The first-order chi connectivity index (χ1) is 12.2. The first-order valence-electron chi connectivity index (χ1n) is 7.98. The van der Waals surface area contributed by atoms with Gasteiger partial charge in [0.2, 0.25) is 5.91 Å². The van der Waals surface area contributed by atoms with Gasteiger partial charge < -0.3 is 24.3 Å². The van der Waals surface area contributed by atoms with Crippen LogP contribution in [0.15, 0.2) is 41.3 Å². The monoisotopic (exact) mass is 344 g/mol. The molecule has 0 unspecified atom stereocenters. The van der Waals surface area contributed by atoms with Crippen molar-refractivity contribution < 1.29 is 18.7 Å². The average molecular weight is 344 g/mol. The Bertz CT molecular complexity index is 707. The fraction of sp³-hybridized carbons (Fsp3) is 0.353. The predicted molar refractivity (Wildman–Crippen MR) is 91.6 cm³/mol. The first kappa shape index (κ1) is 17.0. The highest BCUT2D eigenvalue weighted by Crippen LogP contribution is 2.17. The second-order valence-electron chi connectivity index (χ2n) is 5.68. The molecule has 2 aromatic heterocycles. The number of piperazine rings is 1. The Morgan fingerprint density at radius 1 is 1.24 bits per heavy atom. The van der Waals surface area contributed by atoms with E-state index in [1.54, 1.807) is 23.2 Å². The minimum atomic E-state index is -0.219. The normalized spacial score (nSPS) is 14.4. The molecule has 0 aromatic carbocycles. The van der Waals surface area contributed by atoms with E-state index in [1.807, 2.05) is 6.07 Å². The molecule has 1 aliphatic rings. The molecule has 0 saturated carbocycles. The van der Waals surface area contributed by atoms with Crippen molar-refractivity contribution in [3.05, 3.63) is 42.5 Å². The fourth-order valence-corrected chi connectivity index (χ4v) is 2.68. The van der Waals surface area contributed by atoms with Gasteiger partial charge in [-0.25, -0.2) is 4.98 Å². The van der Waals surface area contributed by atoms with Gasteiger partial charge in [0.25, 0.3) is 5.91 Å². The van der Waals surface area contributed by atoms with Crippen LogP contribution in [0.1, 0.15) is 10.4 Å². The minimum absolute atomic E-state index is 0.00834. The molecule has 1 fully saturated rings. The molecule has 1 saturated heterocycles. The maximum Gasteiger partial charge on any atom is 0.257 e. The van der Waals surface area contributed by atoms with Gasteiger partial charge in [-0.3, -0.25) is 9.59 Å². The van der Waals surface area contributed by atoms with Crippen LogP contribution in [-0.2, 0) is 9.53 Å². The molecular weight excluding hydrogens is 324 g/mol. The van der Waals surface area contributed by atoms with Crippen LogP contribution < -0.4 is 10.2 Å². The number of furan rings is 1. The summed E-state index contributed by atoms with van der Waals surface area (Å²) in [6.45, 7) is 2.66. The maximum absolute atomic E-state index is 12.3. The maximum atomic E-state index is 12.3. The van der Waals surface area contributed by atoms with E-state index < -0.39 is 0 Å². The lowest BCUT2D eigenvalue weighted by Crippen LogP contribution is -2.49. The molecule has 8 heteroatoms. The Labute approximate surface area is 145 Å². The summed E-state index contributed by atoms with van der Waals surface area (Å²) in [5.74, 6) is 0.584. The number of amides is 2. The van der Waals surface area contributed by atoms with Gasteiger partial charge in [0.15, 0.2) is 0 Å². The van der Waals surface area contributed by atoms with Gasteiger partial charge in [0.1, 0.15) is 18.7 Å². The van der Waals surface area contributed by atoms with Gasteiger partial charge >= 0.3 is 0 Å². The molecule has 0 aliphatic carbocycles. The Kier molecular flexibility index (Phi) is 5.30. The largest absolute Gasteiger partial charge is 0.472 e. The lowest BCUT2D eigenvalue weighted by molar-refractivity contribution is -0.119. The van der Waals surface area contributed by atoms with E-state index >= 15 is 0 Å². The number of hydrogen-bond donors (Lipinski definition) is 1. The molecule has 1 N–H and O–H groups in total. The predicted octanol–water partition coefficient (Wildman–Crippen LogP) is 1.22. The SMILES string of the molecule is COCC(=O)Nc1ccc(N2CCN(C(=O)c3ccoc3)CC2)nc1. The van der Waals surface area contributed by atoms with Crippen LogP contribution in [0.5, 0.6) is 0 Å². The number of nitrogens with zero attached hydrogens (tertiary/aromatic N) is 3. The second-order valence-corrected chi connectivity index (χ2v) is 5.68. The van der Waals surface area contributed by atoms with Crippen LogP contribution in [0.25, 0.3) is 0 Å². The van der Waals surface area contributed by atoms with Gasteiger partial charge in [-0.2, -0.15) is 0 Å². The molecule has 0 atom stereocenters. The molecule has 132 valence electrons. The Morgan fingerprint density at radius 3 is 2.64 bits per heavy atom. The Morgan fingerprint density at radius 2 is 2.04 bits per heavy atom. The number of aromatic nitrogens is 1. The van der Waals surface area contributed by atoms with Crippen molar-refractivity contribution in [2.45, 2.75) is 0 Å². The molecule has 2 aromatic rings. The number of methoxy groups -OCH3 is 1. The quantitative estimate of drug-likeness (QED) is 0.877. The summed E-state index contributed by atoms with van der Waals surface area (Å²) < 4.78 is 9.74. The molecule has 25 heavy (non-hydrogen) atoms. The molecule has 2 amide bonds. The highest BCUT2D eigenvalue weighted by Gasteiger charge is 2.23. The first-order valence-corrected chi connectivity index (χ1v) is 7.98. The highest BCUT2D eigenvalue weighted by molar-refractivity contribution is 5.94. The molecule has 0 spiro atoms. The van der Waals surface area contributed by atoms with Crippen LogP contribution in [-0.4, -0.2) is 61.6 Å². The Hall–Kier alpha value is -2.87. The summed E-state index contributed by atoms with van der Waals surface area (Å²) in [6, 6.07) is 5.34. The summed E-state index contributed by atoms with van der Waals surface area (Å²) in [5.41, 5.74) is 1.20. The van der Waals surface area contributed by atoms with Gasteiger partial charge in [0, 0.05) is 33.3 Å². The molecule has 3 rings (SSSR count). The van der Waals surface area contributed by atoms with E-state index in [2.05, 4.69) is 15.2 Å². The number of rotatable bonds is 5. The van der Waals surface area contributed by atoms with Crippen molar-refractivity contribution in [3.63, 3.8) is 0 Å². The number of nitrogens with one attached hydrogen (secondary N) is 1. The standard InChI is InChI=1S/C17H20N4O4/c1-24-12-16(22)19-14-2-3-15(18-10-14)20-5-7-21(8-6-20)17(23)13-4-9-25-11-13/h2-4,9-11H,5-8,12H2,1H3,(H,19,22). The lowest BCUT2D eigenvalue weighted by Gasteiger charge is -2.35. The van der Waals surface area contributed by atoms with E-state index in [4.69, 9.17) is 9.15 Å². The van der Waals surface area contributed by atoms with Crippen molar-refractivity contribution in [1.82, 2.24) is 9.88 Å². The van der Waals surface area contributed by atoms with Gasteiger partial charge in [-0.05, 0) is 18.2 Å². The Balaban J connectivity index is 1.54. The molecule has 0 bridgehead atoms. The van der Waals surface area contributed by atoms with Crippen LogP contribution in [0.2, 0.25) is 0 Å². The minimum Gasteiger partial charge on any atom is -0.472 e. The average Bonchev–Trinajstić information content (AvgIpc) is 3.17. The van der Waals surface area contributed by atoms with Crippen molar-refractivity contribution >= 4 is 23.3 Å². The number of carbonyl (C=O) groups excluding carboxylic acids is 2. The lowest BCUT2D eigenvalue weighted by atomic mass is 10.2. The van der Waals surface area contributed by atoms with E-state index in [0.717, 1.165) is 5.82 Å². The second kappa shape index (κ2) is 7.80. The summed E-state index contributed by atoms with van der Waals surface area (Å²) in [4.78, 5) is 32.1. The van der Waals surface area contributed by atoms with Crippen LogP contribution >= 0.6 is 0 Å². The van der Waals surface area contributed by atoms with Gasteiger partial charge in [0.05, 0.1) is 23.7 Å². The molecular formula is C17H20N4O4. The number of ether oxygens (including phenoxy) is 1. The number of carbonyl (C=O) groups is 2. The molecule has 1 aliphatic heterocycles. The highest BCUT2D eigenvalue weighted by atomic mass is 16.5. The van der Waals surface area contributed by atoms with Gasteiger partial charge in [-0.1, -0.05) is 0 Å². The van der Waals surface area contributed by atoms with Crippen molar-refractivity contribution in [2.75, 3.05) is 50.1 Å². The van der Waals surface area contributed by atoms with Crippen LogP contribution in [0, 0.1) is 0 Å². The third-order valence-electron chi connectivity index (χ3n) is 3.97. The van der Waals surface area contributed by atoms with E-state index in [1.165, 1.54) is 19.6 Å². The summed E-state index contributed by atoms with van der Waals surface area (Å²) in [5, 5.41) is 2.70. The van der Waals surface area contributed by atoms with Crippen LogP contribution in [0.3, 0.4) is 0 Å². The third-order valence-corrected chi connectivity index (χ3v) is 3.97. The summed E-state index contributed by atoms with van der Waals surface area (Å²) in [7, 11) is 1.47. The number of pyridine rings is 1. The molecule has 8 nitrogen and oxygen atoms in total.